The highest BCUT2D eigenvalue weighted by Crippen LogP contribution is 2.29. The molecule has 0 heterocycles. The van der Waals surface area contributed by atoms with E-state index in [0.717, 1.165) is 22.3 Å². The fourth-order valence-electron chi connectivity index (χ4n) is 4.07. The first-order chi connectivity index (χ1) is 15.5. The zero-order chi connectivity index (χ0) is 22.9. The number of aryl methyl sites for hydroxylation is 1. The summed E-state index contributed by atoms with van der Waals surface area (Å²) in [5, 5.41) is 2.73. The van der Waals surface area contributed by atoms with E-state index in [4.69, 9.17) is 0 Å². The third kappa shape index (κ3) is 5.85. The Morgan fingerprint density at radius 2 is 1.38 bits per heavy atom. The molecule has 0 saturated carbocycles. The van der Waals surface area contributed by atoms with Crippen LogP contribution < -0.4 is 5.32 Å². The highest BCUT2D eigenvalue weighted by atomic mass is 16.2. The van der Waals surface area contributed by atoms with E-state index in [2.05, 4.69) is 29.6 Å². The number of likely N-dealkylation sites (N-methyl/N-ethyl adjacent to an activating group) is 1. The number of amides is 2. The Bertz CT molecular complexity index is 961. The van der Waals surface area contributed by atoms with Crippen LogP contribution in [0.5, 0.6) is 0 Å². The fraction of sp³-hybridized carbons (Fsp3) is 0.286. The summed E-state index contributed by atoms with van der Waals surface area (Å²) in [6, 6.07) is 27.8. The van der Waals surface area contributed by atoms with Crippen molar-refractivity contribution in [3.8, 4) is 0 Å². The highest BCUT2D eigenvalue weighted by molar-refractivity contribution is 5.88. The minimum absolute atomic E-state index is 0.0290. The first-order valence-electron chi connectivity index (χ1n) is 11.2. The van der Waals surface area contributed by atoms with Crippen molar-refractivity contribution in [1.29, 1.82) is 0 Å². The molecule has 166 valence electrons. The zero-order valence-electron chi connectivity index (χ0n) is 19.1. The summed E-state index contributed by atoms with van der Waals surface area (Å²) < 4.78 is 0. The van der Waals surface area contributed by atoms with Crippen LogP contribution in [0.3, 0.4) is 0 Å². The van der Waals surface area contributed by atoms with E-state index >= 15 is 0 Å². The normalized spacial score (nSPS) is 11.8. The molecule has 0 saturated heterocycles. The maximum Gasteiger partial charge on any atom is 0.242 e. The lowest BCUT2D eigenvalue weighted by atomic mass is 9.88. The Morgan fingerprint density at radius 3 is 1.84 bits per heavy atom. The van der Waals surface area contributed by atoms with Crippen LogP contribution in [0.25, 0.3) is 0 Å². The monoisotopic (exact) mass is 428 g/mol. The molecule has 3 aromatic carbocycles. The standard InChI is InChI=1S/C28H32N2O2/c1-4-26(28(32)29-3)30(20-22-17-15-21(2)16-18-22)27(31)19-25(23-11-7-5-8-12-23)24-13-9-6-10-14-24/h5-18,25-26H,4,19-20H2,1-3H3,(H,29,32)/t26-/m1/s1. The van der Waals surface area contributed by atoms with E-state index in [1.165, 1.54) is 0 Å². The van der Waals surface area contributed by atoms with Gasteiger partial charge in [-0.2, -0.15) is 0 Å². The van der Waals surface area contributed by atoms with E-state index in [-0.39, 0.29) is 17.7 Å². The van der Waals surface area contributed by atoms with Gasteiger partial charge in [0.1, 0.15) is 6.04 Å². The average Bonchev–Trinajstić information content (AvgIpc) is 2.84. The number of carbonyl (C=O) groups excluding carboxylic acids is 2. The number of rotatable bonds is 9. The Kier molecular flexibility index (Phi) is 8.20. The molecular formula is C28H32N2O2. The van der Waals surface area contributed by atoms with Gasteiger partial charge in [0.15, 0.2) is 0 Å². The molecule has 0 bridgehead atoms. The smallest absolute Gasteiger partial charge is 0.242 e. The van der Waals surface area contributed by atoms with E-state index in [1.807, 2.05) is 74.5 Å². The Balaban J connectivity index is 1.94. The van der Waals surface area contributed by atoms with Crippen LogP contribution in [0.1, 0.15) is 47.9 Å². The van der Waals surface area contributed by atoms with Gasteiger partial charge in [0.25, 0.3) is 0 Å². The molecule has 0 spiro atoms. The number of nitrogens with zero attached hydrogens (tertiary/aromatic N) is 1. The van der Waals surface area contributed by atoms with Gasteiger partial charge in [-0.05, 0) is 30.0 Å². The molecule has 0 aliphatic carbocycles. The van der Waals surface area contributed by atoms with Gasteiger partial charge in [0.2, 0.25) is 11.8 Å². The number of hydrogen-bond donors (Lipinski definition) is 1. The Labute approximate surface area is 191 Å². The van der Waals surface area contributed by atoms with Crippen LogP contribution in [0.2, 0.25) is 0 Å². The summed E-state index contributed by atoms with van der Waals surface area (Å²) in [5.41, 5.74) is 4.37. The molecule has 1 atom stereocenters. The summed E-state index contributed by atoms with van der Waals surface area (Å²) in [6.07, 6.45) is 0.853. The van der Waals surface area contributed by atoms with Crippen LogP contribution >= 0.6 is 0 Å². The maximum absolute atomic E-state index is 13.7. The average molecular weight is 429 g/mol. The van der Waals surface area contributed by atoms with Crippen molar-refractivity contribution in [1.82, 2.24) is 10.2 Å². The fourth-order valence-corrected chi connectivity index (χ4v) is 4.07. The Morgan fingerprint density at radius 1 is 0.844 bits per heavy atom. The summed E-state index contributed by atoms with van der Waals surface area (Å²) in [5.74, 6) is -0.240. The van der Waals surface area contributed by atoms with Gasteiger partial charge in [-0.15, -0.1) is 0 Å². The van der Waals surface area contributed by atoms with Crippen molar-refractivity contribution in [3.63, 3.8) is 0 Å². The molecular weight excluding hydrogens is 396 g/mol. The van der Waals surface area contributed by atoms with Crippen molar-refractivity contribution in [2.45, 2.75) is 45.2 Å². The molecule has 0 aliphatic rings. The third-order valence-electron chi connectivity index (χ3n) is 5.89. The quantitative estimate of drug-likeness (QED) is 0.517. The van der Waals surface area contributed by atoms with Gasteiger partial charge < -0.3 is 10.2 Å². The SMILES string of the molecule is CC[C@H](C(=O)NC)N(Cc1ccc(C)cc1)C(=O)CC(c1ccccc1)c1ccccc1. The van der Waals surface area contributed by atoms with Crippen LogP contribution in [0.15, 0.2) is 84.9 Å². The van der Waals surface area contributed by atoms with Crippen molar-refractivity contribution < 1.29 is 9.59 Å². The second-order valence-electron chi connectivity index (χ2n) is 8.12. The first kappa shape index (κ1) is 23.3. The van der Waals surface area contributed by atoms with Crippen molar-refractivity contribution in [2.24, 2.45) is 0 Å². The highest BCUT2D eigenvalue weighted by Gasteiger charge is 2.30. The maximum atomic E-state index is 13.7. The Hall–Kier alpha value is -3.40. The second kappa shape index (κ2) is 11.3. The van der Waals surface area contributed by atoms with Crippen molar-refractivity contribution in [3.05, 3.63) is 107 Å². The summed E-state index contributed by atoms with van der Waals surface area (Å²) >= 11 is 0. The molecule has 32 heavy (non-hydrogen) atoms. The molecule has 1 N–H and O–H groups in total. The number of hydrogen-bond acceptors (Lipinski definition) is 2. The molecule has 3 aromatic rings. The molecule has 3 rings (SSSR count). The van der Waals surface area contributed by atoms with Crippen LogP contribution in [0, 0.1) is 6.92 Å². The van der Waals surface area contributed by atoms with E-state index in [1.54, 1.807) is 11.9 Å². The second-order valence-corrected chi connectivity index (χ2v) is 8.12. The molecule has 0 aliphatic heterocycles. The van der Waals surface area contributed by atoms with E-state index in [9.17, 15) is 9.59 Å². The minimum atomic E-state index is -0.513. The van der Waals surface area contributed by atoms with Crippen LogP contribution in [0.4, 0.5) is 0 Å². The lowest BCUT2D eigenvalue weighted by Crippen LogP contribution is -2.48. The molecule has 0 fully saturated rings. The number of nitrogens with one attached hydrogen (secondary N) is 1. The number of carbonyl (C=O) groups is 2. The molecule has 0 unspecified atom stereocenters. The minimum Gasteiger partial charge on any atom is -0.357 e. The largest absolute Gasteiger partial charge is 0.357 e. The predicted molar refractivity (Wildman–Crippen MR) is 129 cm³/mol. The van der Waals surface area contributed by atoms with E-state index in [0.29, 0.717) is 19.4 Å². The van der Waals surface area contributed by atoms with E-state index < -0.39 is 6.04 Å². The first-order valence-corrected chi connectivity index (χ1v) is 11.2. The predicted octanol–water partition coefficient (Wildman–Crippen LogP) is 5.07. The topological polar surface area (TPSA) is 49.4 Å². The van der Waals surface area contributed by atoms with Crippen molar-refractivity contribution >= 4 is 11.8 Å². The lowest BCUT2D eigenvalue weighted by Gasteiger charge is -2.32. The summed E-state index contributed by atoms with van der Waals surface area (Å²) in [4.78, 5) is 28.1. The van der Waals surface area contributed by atoms with Crippen LogP contribution in [-0.4, -0.2) is 29.8 Å². The lowest BCUT2D eigenvalue weighted by molar-refractivity contribution is -0.141. The van der Waals surface area contributed by atoms with Gasteiger partial charge in [-0.25, -0.2) is 0 Å². The molecule has 2 amide bonds. The van der Waals surface area contributed by atoms with Gasteiger partial charge in [-0.1, -0.05) is 97.4 Å². The number of benzene rings is 3. The van der Waals surface area contributed by atoms with Gasteiger partial charge in [-0.3, -0.25) is 9.59 Å². The van der Waals surface area contributed by atoms with Crippen molar-refractivity contribution in [2.75, 3.05) is 7.05 Å². The summed E-state index contributed by atoms with van der Waals surface area (Å²) in [7, 11) is 1.62. The molecule has 0 radical (unpaired) electrons. The third-order valence-corrected chi connectivity index (χ3v) is 5.89. The van der Waals surface area contributed by atoms with Gasteiger partial charge >= 0.3 is 0 Å². The van der Waals surface area contributed by atoms with Gasteiger partial charge in [0.05, 0.1) is 0 Å². The zero-order valence-corrected chi connectivity index (χ0v) is 19.1. The molecule has 4 heteroatoms. The molecule has 0 aromatic heterocycles. The summed E-state index contributed by atoms with van der Waals surface area (Å²) in [6.45, 7) is 4.39. The van der Waals surface area contributed by atoms with Crippen LogP contribution in [-0.2, 0) is 16.1 Å². The van der Waals surface area contributed by atoms with Gasteiger partial charge in [0, 0.05) is 25.9 Å². The molecule has 4 nitrogen and oxygen atoms in total.